The average Bonchev–Trinajstić information content (AvgIpc) is 3.85. The highest BCUT2D eigenvalue weighted by Gasteiger charge is 2.37. The van der Waals surface area contributed by atoms with Crippen LogP contribution in [0.3, 0.4) is 0 Å². The number of aryl methyl sites for hydroxylation is 1. The first-order chi connectivity index (χ1) is 34.3. The van der Waals surface area contributed by atoms with Crippen LogP contribution in [0, 0.1) is 17.6 Å². The van der Waals surface area contributed by atoms with Gasteiger partial charge < -0.3 is 39.7 Å². The number of ether oxygens (including phenoxy) is 1. The molecule has 0 spiro atoms. The maximum absolute atomic E-state index is 15.3. The van der Waals surface area contributed by atoms with Gasteiger partial charge in [-0.3, -0.25) is 24.6 Å². The number of rotatable bonds is 13. The quantitative estimate of drug-likeness (QED) is 0.0663. The number of methoxy groups -OCH3 is 1. The molecule has 0 bridgehead atoms. The van der Waals surface area contributed by atoms with Crippen molar-refractivity contribution in [3.63, 3.8) is 0 Å². The third-order valence-corrected chi connectivity index (χ3v) is 16.7. The maximum Gasteiger partial charge on any atom is 0.234 e. The van der Waals surface area contributed by atoms with Crippen molar-refractivity contribution in [3.05, 3.63) is 87.7 Å². The molecule has 3 amide bonds. The highest BCUT2D eigenvalue weighted by Crippen LogP contribution is 2.43. The molecule has 6 heterocycles. The topological polar surface area (TPSA) is 185 Å². The number of carbonyl (C=O) groups is 3. The average molecular weight is 1070 g/mol. The summed E-state index contributed by atoms with van der Waals surface area (Å²) < 4.78 is 51.0. The van der Waals surface area contributed by atoms with Crippen molar-refractivity contribution in [3.8, 4) is 5.75 Å². The van der Waals surface area contributed by atoms with Crippen LogP contribution in [0.4, 0.5) is 43.3 Å². The number of anilines is 6. The fraction of sp³-hybridized carbons (Fsp3) is 0.462. The molecule has 2 atom stereocenters. The molecule has 20 heteroatoms. The summed E-state index contributed by atoms with van der Waals surface area (Å²) in [6, 6.07) is 14.3. The van der Waals surface area contributed by atoms with E-state index in [4.69, 9.17) is 9.72 Å². The minimum absolute atomic E-state index is 0.0226. The van der Waals surface area contributed by atoms with E-state index in [0.29, 0.717) is 94.2 Å². The molecule has 382 valence electrons. The van der Waals surface area contributed by atoms with E-state index in [0.717, 1.165) is 62.1 Å². The van der Waals surface area contributed by atoms with E-state index >= 15 is 8.78 Å². The SMILES string of the molecule is CCc1cc(Nc2ncc(Br)c(Nc3ccc4nc(C(C)(C)O)ccc4c3P(C)(C)=O)n2)c(OC)cc1N1CCC(N2CCN(C(=O)[C@@H]3CCN(c4cc(F)c(C5CCC(=O)NC5=O)c(F)c4)C3)CC2)CC1. The van der Waals surface area contributed by atoms with Gasteiger partial charge in [0.15, 0.2) is 0 Å². The molecule has 4 saturated heterocycles. The summed E-state index contributed by atoms with van der Waals surface area (Å²) in [5, 5.41) is 20.9. The molecule has 4 N–H and O–H groups in total. The van der Waals surface area contributed by atoms with E-state index in [9.17, 15) is 24.1 Å². The third kappa shape index (κ3) is 10.7. The first-order valence-electron chi connectivity index (χ1n) is 24.6. The van der Waals surface area contributed by atoms with Crippen LogP contribution >= 0.6 is 23.1 Å². The number of aromatic nitrogens is 3. The van der Waals surface area contributed by atoms with Gasteiger partial charge in [0.2, 0.25) is 23.7 Å². The lowest BCUT2D eigenvalue weighted by molar-refractivity contribution is -0.137. The Morgan fingerprint density at radius 3 is 2.28 bits per heavy atom. The van der Waals surface area contributed by atoms with Gasteiger partial charge in [0, 0.05) is 105 Å². The van der Waals surface area contributed by atoms with Crippen LogP contribution in [-0.2, 0) is 31.0 Å². The van der Waals surface area contributed by atoms with Crippen molar-refractivity contribution in [2.24, 2.45) is 5.92 Å². The Labute approximate surface area is 426 Å². The third-order valence-electron chi connectivity index (χ3n) is 14.5. The number of aliphatic hydroxyl groups is 1. The minimum Gasteiger partial charge on any atom is -0.494 e. The largest absolute Gasteiger partial charge is 0.494 e. The van der Waals surface area contributed by atoms with E-state index in [1.807, 2.05) is 28.0 Å². The van der Waals surface area contributed by atoms with Gasteiger partial charge in [0.05, 0.1) is 46.0 Å². The molecule has 9 rings (SSSR count). The molecule has 4 aliphatic heterocycles. The fourth-order valence-electron chi connectivity index (χ4n) is 10.7. The molecule has 1 unspecified atom stereocenters. The number of amides is 3. The molecule has 0 radical (unpaired) electrons. The summed E-state index contributed by atoms with van der Waals surface area (Å²) in [5.41, 5.74) is 3.64. The minimum atomic E-state index is -2.85. The second-order valence-electron chi connectivity index (χ2n) is 20.1. The van der Waals surface area contributed by atoms with Gasteiger partial charge in [0.1, 0.15) is 35.9 Å². The van der Waals surface area contributed by atoms with E-state index in [-0.39, 0.29) is 30.2 Å². The zero-order valence-corrected chi connectivity index (χ0v) is 44.0. The van der Waals surface area contributed by atoms with Crippen LogP contribution in [-0.4, -0.2) is 126 Å². The molecule has 3 aromatic carbocycles. The van der Waals surface area contributed by atoms with Crippen molar-refractivity contribution in [1.82, 2.24) is 30.1 Å². The van der Waals surface area contributed by atoms with Crippen LogP contribution in [0.5, 0.6) is 5.75 Å². The van der Waals surface area contributed by atoms with Gasteiger partial charge in [-0.25, -0.2) is 18.7 Å². The lowest BCUT2D eigenvalue weighted by atomic mass is 9.89. The molecule has 0 aliphatic carbocycles. The summed E-state index contributed by atoms with van der Waals surface area (Å²) in [7, 11) is -1.21. The van der Waals surface area contributed by atoms with Gasteiger partial charge in [-0.1, -0.05) is 13.0 Å². The number of piperidine rings is 2. The summed E-state index contributed by atoms with van der Waals surface area (Å²) in [5.74, 6) is -2.62. The Kier molecular flexibility index (Phi) is 14.7. The van der Waals surface area contributed by atoms with E-state index < -0.39 is 42.1 Å². The summed E-state index contributed by atoms with van der Waals surface area (Å²) in [6.07, 6.45) is 5.04. The van der Waals surface area contributed by atoms with Crippen LogP contribution in [0.1, 0.15) is 75.6 Å². The predicted molar refractivity (Wildman–Crippen MR) is 280 cm³/mol. The Bertz CT molecular complexity index is 2950. The van der Waals surface area contributed by atoms with Gasteiger partial charge in [-0.05, 0) is 117 Å². The van der Waals surface area contributed by atoms with E-state index in [2.05, 4.69) is 70.7 Å². The van der Waals surface area contributed by atoms with Crippen LogP contribution in [0.25, 0.3) is 10.9 Å². The Hall–Kier alpha value is -5.75. The predicted octanol–water partition coefficient (Wildman–Crippen LogP) is 7.76. The first-order valence-corrected chi connectivity index (χ1v) is 28.0. The summed E-state index contributed by atoms with van der Waals surface area (Å²) >= 11 is 3.60. The number of pyridine rings is 1. The lowest BCUT2D eigenvalue weighted by Crippen LogP contribution is -2.55. The molecule has 5 aromatic rings. The Balaban J connectivity index is 0.802. The number of carbonyl (C=O) groups excluding carboxylic acids is 3. The molecular weight excluding hydrogens is 1010 g/mol. The van der Waals surface area contributed by atoms with Gasteiger partial charge in [0.25, 0.3) is 0 Å². The Morgan fingerprint density at radius 1 is 0.917 bits per heavy atom. The summed E-state index contributed by atoms with van der Waals surface area (Å²) in [6.45, 7) is 14.3. The van der Waals surface area contributed by atoms with Crippen molar-refractivity contribution in [1.29, 1.82) is 0 Å². The molecule has 0 saturated carbocycles. The van der Waals surface area contributed by atoms with Gasteiger partial charge in [-0.2, -0.15) is 4.98 Å². The van der Waals surface area contributed by atoms with Crippen molar-refractivity contribution >= 4 is 91.5 Å². The number of hydrogen-bond donors (Lipinski definition) is 4. The number of fused-ring (bicyclic) bond motifs is 1. The highest BCUT2D eigenvalue weighted by molar-refractivity contribution is 9.10. The maximum atomic E-state index is 15.3. The van der Waals surface area contributed by atoms with E-state index in [1.54, 1.807) is 46.6 Å². The smallest absolute Gasteiger partial charge is 0.234 e. The van der Waals surface area contributed by atoms with Crippen LogP contribution in [0.15, 0.2) is 59.2 Å². The number of halogens is 3. The summed E-state index contributed by atoms with van der Waals surface area (Å²) in [4.78, 5) is 60.5. The highest BCUT2D eigenvalue weighted by atomic mass is 79.9. The second-order valence-corrected chi connectivity index (χ2v) is 24.2. The zero-order chi connectivity index (χ0) is 51.2. The second kappa shape index (κ2) is 20.6. The molecule has 4 aliphatic rings. The Morgan fingerprint density at radius 2 is 1.62 bits per heavy atom. The molecule has 4 fully saturated rings. The van der Waals surface area contributed by atoms with Crippen molar-refractivity contribution in [2.75, 3.05) is 93.2 Å². The number of nitrogens with one attached hydrogen (secondary N) is 3. The van der Waals surface area contributed by atoms with E-state index in [1.165, 1.54) is 12.1 Å². The normalized spacial score (nSPS) is 19.5. The van der Waals surface area contributed by atoms with Crippen LogP contribution in [0.2, 0.25) is 0 Å². The number of piperazine rings is 1. The molecular formula is C52H62BrF2N10O6P. The standard InChI is InChI=1S/C52H62BrF2N10O6P/c1-7-30-24-41(59-51-56-28-36(53)48(61-51)58-40-11-10-39-34(47(40)72(5,6)70)8-12-44(57-39)52(2,3)69)43(71-4)27-42(30)63-18-15-32(16-19-63)62-20-22-64(23-21-62)50(68)31-14-17-65(29-31)33-25-37(54)46(38(55)26-33)35-9-13-45(66)60-49(35)67/h8,10-12,24-28,31-32,35,69H,7,9,13-23,29H2,1-6H3,(H,60,66,67)(H2,56,58,59,61)/t31-,35?/m1/s1. The number of benzene rings is 3. The molecule has 2 aromatic heterocycles. The van der Waals surface area contributed by atoms with Gasteiger partial charge in [-0.15, -0.1) is 0 Å². The molecule has 72 heavy (non-hydrogen) atoms. The van der Waals surface area contributed by atoms with Gasteiger partial charge >= 0.3 is 0 Å². The van der Waals surface area contributed by atoms with Crippen LogP contribution < -0.4 is 35.8 Å². The fourth-order valence-corrected chi connectivity index (χ4v) is 12.5. The monoisotopic (exact) mass is 1070 g/mol. The lowest BCUT2D eigenvalue weighted by Gasteiger charge is -2.44. The first kappa shape index (κ1) is 51.2. The van der Waals surface area contributed by atoms with Crippen molar-refractivity contribution < 1.29 is 37.6 Å². The number of nitrogens with zero attached hydrogens (tertiary/aromatic N) is 7. The molecule has 16 nitrogen and oxygen atoms in total. The number of imide groups is 1. The zero-order valence-electron chi connectivity index (χ0n) is 41.5. The number of hydrogen-bond acceptors (Lipinski definition) is 14. The van der Waals surface area contributed by atoms with Crippen molar-refractivity contribution in [2.45, 2.75) is 76.9 Å².